The van der Waals surface area contributed by atoms with Crippen LogP contribution in [0.1, 0.15) is 28.3 Å². The third kappa shape index (κ3) is 3.89. The first-order valence-electron chi connectivity index (χ1n) is 9.40. The predicted molar refractivity (Wildman–Crippen MR) is 110 cm³/mol. The van der Waals surface area contributed by atoms with Gasteiger partial charge in [-0.15, -0.1) is 0 Å². The summed E-state index contributed by atoms with van der Waals surface area (Å²) in [5.41, 5.74) is 4.72. The van der Waals surface area contributed by atoms with Crippen LogP contribution in [0, 0.1) is 13.8 Å². The predicted octanol–water partition coefficient (Wildman–Crippen LogP) is 4.14. The lowest BCUT2D eigenvalue weighted by Gasteiger charge is -2.20. The normalized spacial score (nSPS) is 12.4. The van der Waals surface area contributed by atoms with Crippen LogP contribution in [0.2, 0.25) is 0 Å². The van der Waals surface area contributed by atoms with Crippen LogP contribution < -0.4 is 10.9 Å². The van der Waals surface area contributed by atoms with E-state index < -0.39 is 0 Å². The molecule has 0 aliphatic rings. The van der Waals surface area contributed by atoms with Gasteiger partial charge in [0.05, 0.1) is 12.6 Å². The molecule has 0 bridgehead atoms. The van der Waals surface area contributed by atoms with Crippen LogP contribution in [0.4, 0.5) is 0 Å². The summed E-state index contributed by atoms with van der Waals surface area (Å²) >= 11 is 0. The number of hydrogen-bond acceptors (Lipinski definition) is 4. The number of hydrogen-bond donors (Lipinski definition) is 1. The summed E-state index contributed by atoms with van der Waals surface area (Å²) < 4.78 is 7.33. The van der Waals surface area contributed by atoms with Crippen molar-refractivity contribution in [2.75, 3.05) is 0 Å². The molecule has 0 radical (unpaired) electrons. The highest BCUT2D eigenvalue weighted by Gasteiger charge is 2.14. The molecular weight excluding hydrogens is 350 g/mol. The molecule has 2 aromatic carbocycles. The monoisotopic (exact) mass is 373 g/mol. The molecule has 0 spiro atoms. The maximum atomic E-state index is 12.1. The first-order valence-corrected chi connectivity index (χ1v) is 9.40. The van der Waals surface area contributed by atoms with E-state index in [1.54, 1.807) is 12.3 Å². The van der Waals surface area contributed by atoms with Crippen molar-refractivity contribution in [1.29, 1.82) is 0 Å². The van der Waals surface area contributed by atoms with Gasteiger partial charge >= 0.3 is 5.63 Å². The molecule has 142 valence electrons. The summed E-state index contributed by atoms with van der Waals surface area (Å²) in [5, 5.41) is 8.91. The molecule has 2 aromatic heterocycles. The van der Waals surface area contributed by atoms with Gasteiger partial charge in [-0.3, -0.25) is 4.68 Å². The van der Waals surface area contributed by atoms with Gasteiger partial charge in [0, 0.05) is 30.4 Å². The Balaban J connectivity index is 1.65. The van der Waals surface area contributed by atoms with Gasteiger partial charge in [-0.25, -0.2) is 4.79 Å². The summed E-state index contributed by atoms with van der Waals surface area (Å²) in [6, 6.07) is 17.9. The zero-order valence-electron chi connectivity index (χ0n) is 16.1. The maximum absolute atomic E-state index is 12.1. The number of benzene rings is 2. The number of nitrogens with zero attached hydrogens (tertiary/aromatic N) is 2. The van der Waals surface area contributed by atoms with Gasteiger partial charge in [0.15, 0.2) is 0 Å². The number of nitrogens with one attached hydrogen (secondary N) is 1. The topological polar surface area (TPSA) is 60.1 Å². The molecule has 1 atom stereocenters. The molecule has 0 saturated heterocycles. The molecule has 2 heterocycles. The van der Waals surface area contributed by atoms with Crippen LogP contribution in [0.3, 0.4) is 0 Å². The van der Waals surface area contributed by atoms with E-state index in [2.05, 4.69) is 35.5 Å². The van der Waals surface area contributed by atoms with Crippen LogP contribution in [0.25, 0.3) is 11.0 Å². The van der Waals surface area contributed by atoms with Gasteiger partial charge in [0.1, 0.15) is 5.58 Å². The molecule has 4 rings (SSSR count). The Kier molecular flexibility index (Phi) is 5.08. The second kappa shape index (κ2) is 7.82. The first-order chi connectivity index (χ1) is 13.6. The highest BCUT2D eigenvalue weighted by atomic mass is 16.4. The van der Waals surface area contributed by atoms with Crippen LogP contribution in [-0.2, 0) is 13.1 Å². The Morgan fingerprint density at radius 3 is 2.61 bits per heavy atom. The quantitative estimate of drug-likeness (QED) is 0.516. The summed E-state index contributed by atoms with van der Waals surface area (Å²) in [7, 11) is 0. The summed E-state index contributed by atoms with van der Waals surface area (Å²) in [6.07, 6.45) is 3.74. The molecule has 28 heavy (non-hydrogen) atoms. The van der Waals surface area contributed by atoms with E-state index in [0.29, 0.717) is 18.7 Å². The minimum absolute atomic E-state index is 0.0648. The average molecular weight is 373 g/mol. The molecule has 1 N–H and O–H groups in total. The smallest absolute Gasteiger partial charge is 0.336 e. The van der Waals surface area contributed by atoms with Crippen molar-refractivity contribution >= 4 is 11.0 Å². The fraction of sp³-hybridized carbons (Fsp3) is 0.217. The standard InChI is InChI=1S/C23H23N3O2/c1-16-11-20-19(13-23(27)28-22(20)12-17(16)2)14-24-21(15-26-10-6-9-25-26)18-7-4-3-5-8-18/h3-13,21,24H,14-15H2,1-2H3/t21-/m0/s1. The van der Waals surface area contributed by atoms with Crippen molar-refractivity contribution in [3.05, 3.63) is 99.7 Å². The van der Waals surface area contributed by atoms with Crippen LogP contribution >= 0.6 is 0 Å². The molecule has 0 fully saturated rings. The number of aryl methyl sites for hydroxylation is 2. The summed E-state index contributed by atoms with van der Waals surface area (Å²) in [4.78, 5) is 12.1. The van der Waals surface area contributed by atoms with E-state index in [9.17, 15) is 4.79 Å². The molecule has 0 saturated carbocycles. The fourth-order valence-corrected chi connectivity index (χ4v) is 3.43. The van der Waals surface area contributed by atoms with Crippen LogP contribution in [-0.4, -0.2) is 9.78 Å². The van der Waals surface area contributed by atoms with Crippen molar-refractivity contribution in [1.82, 2.24) is 15.1 Å². The van der Waals surface area contributed by atoms with Crippen LogP contribution in [0.15, 0.2) is 76.2 Å². The molecule has 0 aliphatic carbocycles. The Hall–Kier alpha value is -3.18. The third-order valence-electron chi connectivity index (χ3n) is 5.11. The van der Waals surface area contributed by atoms with Gasteiger partial charge in [-0.05, 0) is 54.3 Å². The maximum Gasteiger partial charge on any atom is 0.336 e. The van der Waals surface area contributed by atoms with Gasteiger partial charge in [-0.2, -0.15) is 5.10 Å². The lowest BCUT2D eigenvalue weighted by atomic mass is 10.0. The zero-order valence-corrected chi connectivity index (χ0v) is 16.1. The fourth-order valence-electron chi connectivity index (χ4n) is 3.43. The largest absolute Gasteiger partial charge is 0.423 e. The summed E-state index contributed by atoms with van der Waals surface area (Å²) in [5.74, 6) is 0. The second-order valence-electron chi connectivity index (χ2n) is 7.10. The van der Waals surface area contributed by atoms with E-state index in [1.807, 2.05) is 48.1 Å². The van der Waals surface area contributed by atoms with Gasteiger partial charge in [0.2, 0.25) is 0 Å². The van der Waals surface area contributed by atoms with Gasteiger partial charge < -0.3 is 9.73 Å². The lowest BCUT2D eigenvalue weighted by Crippen LogP contribution is -2.26. The third-order valence-corrected chi connectivity index (χ3v) is 5.11. The van der Waals surface area contributed by atoms with Crippen molar-refractivity contribution < 1.29 is 4.42 Å². The van der Waals surface area contributed by atoms with E-state index in [1.165, 1.54) is 11.1 Å². The number of rotatable bonds is 6. The van der Waals surface area contributed by atoms with E-state index >= 15 is 0 Å². The van der Waals surface area contributed by atoms with Crippen LogP contribution in [0.5, 0.6) is 0 Å². The van der Waals surface area contributed by atoms with Crippen molar-refractivity contribution in [3.8, 4) is 0 Å². The Labute approximate surface area is 163 Å². The minimum Gasteiger partial charge on any atom is -0.423 e. The molecule has 0 amide bonds. The molecule has 0 unspecified atom stereocenters. The molecule has 5 nitrogen and oxygen atoms in total. The Bertz CT molecular complexity index is 1130. The van der Waals surface area contributed by atoms with Crippen molar-refractivity contribution in [3.63, 3.8) is 0 Å². The second-order valence-corrected chi connectivity index (χ2v) is 7.10. The Morgan fingerprint density at radius 2 is 1.86 bits per heavy atom. The highest BCUT2D eigenvalue weighted by molar-refractivity contribution is 5.81. The molecule has 5 heteroatoms. The van der Waals surface area contributed by atoms with E-state index in [4.69, 9.17) is 4.42 Å². The Morgan fingerprint density at radius 1 is 1.07 bits per heavy atom. The first kappa shape index (κ1) is 18.2. The zero-order chi connectivity index (χ0) is 19.5. The lowest BCUT2D eigenvalue weighted by molar-refractivity contribution is 0.437. The number of fused-ring (bicyclic) bond motifs is 1. The average Bonchev–Trinajstić information content (AvgIpc) is 3.20. The van der Waals surface area contributed by atoms with Crippen molar-refractivity contribution in [2.45, 2.75) is 33.0 Å². The highest BCUT2D eigenvalue weighted by Crippen LogP contribution is 2.23. The molecular formula is C23H23N3O2. The SMILES string of the molecule is Cc1cc2oc(=O)cc(CN[C@@H](Cn3cccn3)c3ccccc3)c2cc1C. The van der Waals surface area contributed by atoms with E-state index in [0.717, 1.165) is 16.5 Å². The number of aromatic nitrogens is 2. The van der Waals surface area contributed by atoms with Gasteiger partial charge in [0.25, 0.3) is 0 Å². The summed E-state index contributed by atoms with van der Waals surface area (Å²) in [6.45, 7) is 5.36. The molecule has 4 aromatic rings. The van der Waals surface area contributed by atoms with E-state index in [-0.39, 0.29) is 11.7 Å². The molecule has 0 aliphatic heterocycles. The minimum atomic E-state index is -0.323. The van der Waals surface area contributed by atoms with Crippen molar-refractivity contribution in [2.24, 2.45) is 0 Å². The van der Waals surface area contributed by atoms with Gasteiger partial charge in [-0.1, -0.05) is 30.3 Å².